The van der Waals surface area contributed by atoms with Crippen LogP contribution >= 0.6 is 0 Å². The van der Waals surface area contributed by atoms with E-state index in [1.165, 1.54) is 6.92 Å². The molecule has 0 radical (unpaired) electrons. The molecule has 1 saturated heterocycles. The van der Waals surface area contributed by atoms with E-state index in [-0.39, 0.29) is 5.57 Å². The van der Waals surface area contributed by atoms with Gasteiger partial charge in [-0.25, -0.2) is 0 Å². The smallest absolute Gasteiger partial charge is 0.247 e. The van der Waals surface area contributed by atoms with Crippen LogP contribution in [0.3, 0.4) is 0 Å². The van der Waals surface area contributed by atoms with E-state index in [1.54, 1.807) is 0 Å². The molecular formula is C14H23N3O8. The summed E-state index contributed by atoms with van der Waals surface area (Å²) in [6, 6.07) is -1.70. The van der Waals surface area contributed by atoms with Gasteiger partial charge in [-0.15, -0.1) is 0 Å². The minimum Gasteiger partial charge on any atom is -0.394 e. The van der Waals surface area contributed by atoms with E-state index in [2.05, 4.69) is 17.2 Å². The van der Waals surface area contributed by atoms with Crippen LogP contribution in [0.5, 0.6) is 0 Å². The van der Waals surface area contributed by atoms with Gasteiger partial charge in [0, 0.05) is 5.57 Å². The van der Waals surface area contributed by atoms with Gasteiger partial charge in [0.25, 0.3) is 0 Å². The molecule has 11 nitrogen and oxygen atoms in total. The molecule has 1 aliphatic rings. The van der Waals surface area contributed by atoms with E-state index >= 15 is 0 Å². The van der Waals surface area contributed by atoms with Gasteiger partial charge in [0.1, 0.15) is 18.3 Å². The molecule has 2 amide bonds. The van der Waals surface area contributed by atoms with Crippen molar-refractivity contribution in [3.63, 3.8) is 0 Å². The van der Waals surface area contributed by atoms with Crippen LogP contribution < -0.4 is 16.4 Å². The fourth-order valence-corrected chi connectivity index (χ4v) is 2.12. The van der Waals surface area contributed by atoms with Crippen LogP contribution in [0.25, 0.3) is 0 Å². The molecule has 5 atom stereocenters. The van der Waals surface area contributed by atoms with E-state index in [9.17, 15) is 29.7 Å². The maximum Gasteiger partial charge on any atom is 0.247 e. The average Bonchev–Trinajstić information content (AvgIpc) is 2.58. The zero-order valence-electron chi connectivity index (χ0n) is 13.6. The second kappa shape index (κ2) is 8.47. The number of hydrogen-bond donors (Lipinski definition) is 7. The molecular weight excluding hydrogens is 338 g/mol. The van der Waals surface area contributed by atoms with Crippen LogP contribution in [0, 0.1) is 0 Å². The Balaban J connectivity index is 2.64. The number of nitrogens with two attached hydrogens (primary N) is 1. The van der Waals surface area contributed by atoms with Gasteiger partial charge in [-0.05, 0) is 6.92 Å². The van der Waals surface area contributed by atoms with Gasteiger partial charge in [0.15, 0.2) is 0 Å². The molecule has 0 aromatic carbocycles. The molecule has 0 spiro atoms. The fraction of sp³-hybridized carbons (Fsp3) is 0.643. The zero-order chi connectivity index (χ0) is 19.4. The highest BCUT2D eigenvalue weighted by atomic mass is 16.7. The number of nitrogens with one attached hydrogen (secondary N) is 2. The van der Waals surface area contributed by atoms with Gasteiger partial charge < -0.3 is 41.5 Å². The molecule has 0 aliphatic carbocycles. The van der Waals surface area contributed by atoms with Crippen molar-refractivity contribution in [2.45, 2.75) is 37.1 Å². The summed E-state index contributed by atoms with van der Waals surface area (Å²) >= 11 is 0. The van der Waals surface area contributed by atoms with E-state index in [0.29, 0.717) is 0 Å². The summed E-state index contributed by atoms with van der Waals surface area (Å²) in [6.07, 6.45) is -4.76. The third-order valence-corrected chi connectivity index (χ3v) is 3.70. The van der Waals surface area contributed by atoms with E-state index in [4.69, 9.17) is 15.6 Å². The van der Waals surface area contributed by atoms with Crippen LogP contribution in [-0.2, 0) is 19.1 Å². The van der Waals surface area contributed by atoms with Crippen molar-refractivity contribution in [1.82, 2.24) is 10.6 Å². The molecule has 25 heavy (non-hydrogen) atoms. The van der Waals surface area contributed by atoms with Gasteiger partial charge in [0.2, 0.25) is 23.4 Å². The molecule has 1 unspecified atom stereocenters. The highest BCUT2D eigenvalue weighted by molar-refractivity contribution is 5.96. The molecule has 142 valence electrons. The number of ketones is 1. The van der Waals surface area contributed by atoms with Crippen LogP contribution in [0.1, 0.15) is 6.92 Å². The molecule has 0 saturated carbocycles. The van der Waals surface area contributed by atoms with E-state index in [1.807, 2.05) is 0 Å². The largest absolute Gasteiger partial charge is 0.394 e. The SMILES string of the molecule is C=C(C)C(=O)NCC(=O)NCC(=O)C1(O)O[C@H](CO)[C@@H](O)[C@H](O)[C@H]1N. The predicted molar refractivity (Wildman–Crippen MR) is 82.7 cm³/mol. The second-order valence-electron chi connectivity index (χ2n) is 5.71. The standard InChI is InChI=1S/C14H23N3O8/c1-6(2)13(23)17-4-9(20)16-3-8(19)14(24)12(15)11(22)10(21)7(5-18)25-14/h7,10-12,18,21-22,24H,1,3-5,15H2,2H3,(H,16,20)(H,17,23)/t7-,10-,11+,12-,14?/m1/s1. The van der Waals surface area contributed by atoms with Gasteiger partial charge in [-0.3, -0.25) is 14.4 Å². The Morgan fingerprint density at radius 1 is 1.20 bits per heavy atom. The number of aliphatic hydroxyl groups is 4. The molecule has 11 heteroatoms. The lowest BCUT2D eigenvalue weighted by Crippen LogP contribution is -2.72. The fourth-order valence-electron chi connectivity index (χ4n) is 2.12. The number of carbonyl (C=O) groups is 3. The molecule has 0 bridgehead atoms. The second-order valence-corrected chi connectivity index (χ2v) is 5.71. The summed E-state index contributed by atoms with van der Waals surface area (Å²) in [6.45, 7) is 2.92. The molecule has 1 fully saturated rings. The summed E-state index contributed by atoms with van der Waals surface area (Å²) in [4.78, 5) is 35.0. The van der Waals surface area contributed by atoms with Crippen molar-refractivity contribution in [1.29, 1.82) is 0 Å². The van der Waals surface area contributed by atoms with E-state index < -0.39 is 67.4 Å². The van der Waals surface area contributed by atoms with Crippen LogP contribution in [0.2, 0.25) is 0 Å². The first-order valence-electron chi connectivity index (χ1n) is 7.41. The predicted octanol–water partition coefficient (Wildman–Crippen LogP) is -4.51. The lowest BCUT2D eigenvalue weighted by molar-refractivity contribution is -0.297. The minimum absolute atomic E-state index is 0.197. The molecule has 1 heterocycles. The minimum atomic E-state index is -2.71. The van der Waals surface area contributed by atoms with Crippen molar-refractivity contribution >= 4 is 17.6 Å². The number of hydrogen-bond acceptors (Lipinski definition) is 9. The van der Waals surface area contributed by atoms with Gasteiger partial charge in [-0.1, -0.05) is 6.58 Å². The maximum absolute atomic E-state index is 12.1. The average molecular weight is 361 g/mol. The van der Waals surface area contributed by atoms with Crippen LogP contribution in [0.15, 0.2) is 12.2 Å². The van der Waals surface area contributed by atoms with Crippen molar-refractivity contribution < 1.29 is 39.5 Å². The summed E-state index contributed by atoms with van der Waals surface area (Å²) in [5, 5.41) is 43.2. The van der Waals surface area contributed by atoms with Crippen molar-refractivity contribution in [2.75, 3.05) is 19.7 Å². The molecule has 0 aromatic heterocycles. The van der Waals surface area contributed by atoms with Gasteiger partial charge in [0.05, 0.1) is 25.7 Å². The van der Waals surface area contributed by atoms with Crippen molar-refractivity contribution in [2.24, 2.45) is 5.73 Å². The molecule has 1 rings (SSSR count). The van der Waals surface area contributed by atoms with Gasteiger partial charge in [-0.2, -0.15) is 0 Å². The number of ether oxygens (including phenoxy) is 1. The van der Waals surface area contributed by atoms with Crippen LogP contribution in [0.4, 0.5) is 0 Å². The highest BCUT2D eigenvalue weighted by Gasteiger charge is 2.55. The molecule has 0 aromatic rings. The third kappa shape index (κ3) is 4.81. The van der Waals surface area contributed by atoms with Crippen molar-refractivity contribution in [3.05, 3.63) is 12.2 Å². The normalized spacial score (nSPS) is 31.9. The van der Waals surface area contributed by atoms with E-state index in [0.717, 1.165) is 0 Å². The summed E-state index contributed by atoms with van der Waals surface area (Å²) < 4.78 is 4.93. The topological polar surface area (TPSA) is 191 Å². The Morgan fingerprint density at radius 3 is 2.32 bits per heavy atom. The van der Waals surface area contributed by atoms with Crippen molar-refractivity contribution in [3.8, 4) is 0 Å². The zero-order valence-corrected chi connectivity index (χ0v) is 13.6. The Hall–Kier alpha value is -1.89. The lowest BCUT2D eigenvalue weighted by Gasteiger charge is -2.45. The number of rotatable bonds is 7. The number of carbonyl (C=O) groups excluding carboxylic acids is 3. The first-order chi connectivity index (χ1) is 11.5. The summed E-state index contributed by atoms with van der Waals surface area (Å²) in [5.74, 6) is -5.07. The number of Topliss-reactive ketones (excluding diaryl/α,β-unsaturated/α-hetero) is 1. The highest BCUT2D eigenvalue weighted by Crippen LogP contribution is 2.27. The third-order valence-electron chi connectivity index (χ3n) is 3.70. The molecule has 8 N–H and O–H groups in total. The first kappa shape index (κ1) is 21.2. The molecule has 1 aliphatic heterocycles. The number of aliphatic hydroxyl groups excluding tert-OH is 3. The summed E-state index contributed by atoms with van der Waals surface area (Å²) in [7, 11) is 0. The van der Waals surface area contributed by atoms with Crippen LogP contribution in [-0.4, -0.2) is 87.9 Å². The quantitative estimate of drug-likeness (QED) is 0.219. The Labute approximate surface area is 143 Å². The number of amides is 2. The monoisotopic (exact) mass is 361 g/mol. The first-order valence-corrected chi connectivity index (χ1v) is 7.41. The maximum atomic E-state index is 12.1. The lowest BCUT2D eigenvalue weighted by atomic mass is 9.88. The Morgan fingerprint density at radius 2 is 1.80 bits per heavy atom. The Bertz CT molecular complexity index is 552. The summed E-state index contributed by atoms with van der Waals surface area (Å²) in [5.41, 5.74) is 5.73. The van der Waals surface area contributed by atoms with Gasteiger partial charge >= 0.3 is 0 Å². The Kier molecular flexibility index (Phi) is 7.17.